The minimum absolute atomic E-state index is 0.00212. The minimum atomic E-state index is -1.04. The maximum absolute atomic E-state index is 13.3. The van der Waals surface area contributed by atoms with E-state index in [2.05, 4.69) is 0 Å². The summed E-state index contributed by atoms with van der Waals surface area (Å²) in [5, 5.41) is 0.670. The predicted molar refractivity (Wildman–Crippen MR) is 139 cm³/mol. The lowest BCUT2D eigenvalue weighted by molar-refractivity contribution is -0.168. The van der Waals surface area contributed by atoms with Crippen LogP contribution in [0.1, 0.15) is 61.9 Å². The summed E-state index contributed by atoms with van der Waals surface area (Å²) >= 11 is 18.3. The Morgan fingerprint density at radius 1 is 0.972 bits per heavy atom. The zero-order valence-electron chi connectivity index (χ0n) is 20.0. The van der Waals surface area contributed by atoms with Gasteiger partial charge >= 0.3 is 5.97 Å². The first kappa shape index (κ1) is 28.0. The van der Waals surface area contributed by atoms with E-state index >= 15 is 0 Å². The molecule has 0 spiro atoms. The van der Waals surface area contributed by atoms with Crippen molar-refractivity contribution in [3.63, 3.8) is 0 Å². The average Bonchev–Trinajstić information content (AvgIpc) is 3.35. The van der Waals surface area contributed by atoms with E-state index < -0.39 is 35.6 Å². The topological polar surface area (TPSA) is 107 Å². The predicted octanol–water partition coefficient (Wildman–Crippen LogP) is 5.75. The van der Waals surface area contributed by atoms with E-state index in [0.29, 0.717) is 16.3 Å². The molecule has 0 aromatic heterocycles. The Balaban J connectivity index is 1.82. The third kappa shape index (κ3) is 6.78. The smallest absolute Gasteiger partial charge is 0.375 e. The van der Waals surface area contributed by atoms with Gasteiger partial charge in [-0.1, -0.05) is 53.7 Å². The van der Waals surface area contributed by atoms with Gasteiger partial charge in [0.25, 0.3) is 0 Å². The van der Waals surface area contributed by atoms with Crippen molar-refractivity contribution in [2.45, 2.75) is 58.1 Å². The largest absolute Gasteiger partial charge is 0.454 e. The molecule has 0 heterocycles. The molecule has 1 aliphatic rings. The van der Waals surface area contributed by atoms with Gasteiger partial charge in [-0.25, -0.2) is 4.79 Å². The SMILES string of the molecule is CC(C)(OC(=O)C(=O)CC(=O)N(Cc1ccc(Cl)c(Cl)c1)c1ccc(C(N)=O)c(Cl)c1)C1CCCC1. The fraction of sp³-hybridized carbons (Fsp3) is 0.385. The number of Topliss-reactive ketones (excluding diaryl/α,β-unsaturated/α-hetero) is 1. The standard InChI is InChI=1S/C26H27Cl3N2O5/c1-26(2,16-5-3-4-6-16)36-25(35)22(32)13-23(33)31(14-15-7-10-19(27)21(29)11-15)17-8-9-18(24(30)34)20(28)12-17/h7-12,16H,3-6,13-14H2,1-2H3,(H2,30,34). The summed E-state index contributed by atoms with van der Waals surface area (Å²) in [4.78, 5) is 51.4. The highest BCUT2D eigenvalue weighted by molar-refractivity contribution is 6.42. The maximum Gasteiger partial charge on any atom is 0.375 e. The molecule has 3 rings (SSSR count). The molecular formula is C26H27Cl3N2O5. The zero-order chi connectivity index (χ0) is 26.6. The second-order valence-corrected chi connectivity index (χ2v) is 10.6. The second kappa shape index (κ2) is 11.6. The molecule has 0 saturated heterocycles. The van der Waals surface area contributed by atoms with Gasteiger partial charge in [0.2, 0.25) is 17.6 Å². The minimum Gasteiger partial charge on any atom is -0.454 e. The van der Waals surface area contributed by atoms with Crippen molar-refractivity contribution in [1.29, 1.82) is 0 Å². The molecule has 2 aromatic carbocycles. The molecule has 2 N–H and O–H groups in total. The first-order valence-electron chi connectivity index (χ1n) is 11.5. The summed E-state index contributed by atoms with van der Waals surface area (Å²) in [7, 11) is 0. The van der Waals surface area contributed by atoms with Crippen LogP contribution in [0.2, 0.25) is 15.1 Å². The Hall–Kier alpha value is -2.61. The van der Waals surface area contributed by atoms with E-state index in [-0.39, 0.29) is 28.1 Å². The number of esters is 1. The van der Waals surface area contributed by atoms with Crippen molar-refractivity contribution in [3.05, 3.63) is 62.6 Å². The van der Waals surface area contributed by atoms with Gasteiger partial charge in [0.1, 0.15) is 5.60 Å². The summed E-state index contributed by atoms with van der Waals surface area (Å²) in [6.07, 6.45) is 3.24. The van der Waals surface area contributed by atoms with Crippen LogP contribution >= 0.6 is 34.8 Å². The van der Waals surface area contributed by atoms with Crippen LogP contribution < -0.4 is 10.6 Å². The van der Waals surface area contributed by atoms with Crippen LogP contribution in [0.15, 0.2) is 36.4 Å². The van der Waals surface area contributed by atoms with Crippen molar-refractivity contribution < 1.29 is 23.9 Å². The normalized spacial score (nSPS) is 13.9. The van der Waals surface area contributed by atoms with Crippen molar-refractivity contribution in [3.8, 4) is 0 Å². The summed E-state index contributed by atoms with van der Waals surface area (Å²) in [6.45, 7) is 3.57. The molecule has 0 radical (unpaired) electrons. The van der Waals surface area contributed by atoms with Crippen LogP contribution in [-0.4, -0.2) is 29.2 Å². The number of nitrogens with two attached hydrogens (primary N) is 1. The van der Waals surface area contributed by atoms with Crippen LogP contribution in [0.25, 0.3) is 0 Å². The number of hydrogen-bond acceptors (Lipinski definition) is 5. The number of ketones is 1. The van der Waals surface area contributed by atoms with Gasteiger partial charge in [0.05, 0.1) is 33.6 Å². The summed E-state index contributed by atoms with van der Waals surface area (Å²) in [6, 6.07) is 9.10. The Morgan fingerprint density at radius 2 is 1.64 bits per heavy atom. The van der Waals surface area contributed by atoms with E-state index in [9.17, 15) is 19.2 Å². The third-order valence-electron chi connectivity index (χ3n) is 6.39. The van der Waals surface area contributed by atoms with Crippen molar-refractivity contribution in [2.24, 2.45) is 11.7 Å². The van der Waals surface area contributed by atoms with Gasteiger partial charge in [-0.15, -0.1) is 0 Å². The molecule has 1 fully saturated rings. The number of amides is 2. The number of rotatable bonds is 9. The van der Waals surface area contributed by atoms with Gasteiger partial charge in [-0.3, -0.25) is 14.4 Å². The van der Waals surface area contributed by atoms with E-state index in [0.717, 1.165) is 25.7 Å². The lowest BCUT2D eigenvalue weighted by Gasteiger charge is -2.31. The molecule has 0 unspecified atom stereocenters. The summed E-state index contributed by atoms with van der Waals surface area (Å²) in [5.74, 6) is -3.22. The summed E-state index contributed by atoms with van der Waals surface area (Å²) < 4.78 is 5.51. The molecule has 36 heavy (non-hydrogen) atoms. The number of hydrogen-bond donors (Lipinski definition) is 1. The molecule has 0 aliphatic heterocycles. The number of carbonyl (C=O) groups excluding carboxylic acids is 4. The van der Waals surface area contributed by atoms with Gasteiger partial charge < -0.3 is 15.4 Å². The first-order chi connectivity index (χ1) is 16.9. The molecule has 0 bridgehead atoms. The Labute approximate surface area is 224 Å². The van der Waals surface area contributed by atoms with Gasteiger partial charge in [-0.05, 0) is 68.5 Å². The second-order valence-electron chi connectivity index (χ2n) is 9.33. The monoisotopic (exact) mass is 552 g/mol. The maximum atomic E-state index is 13.3. The van der Waals surface area contributed by atoms with Crippen LogP contribution in [0.5, 0.6) is 0 Å². The van der Waals surface area contributed by atoms with Gasteiger partial charge in [0.15, 0.2) is 0 Å². The van der Waals surface area contributed by atoms with Crippen LogP contribution in [0.4, 0.5) is 5.69 Å². The highest BCUT2D eigenvalue weighted by Gasteiger charge is 2.37. The number of benzene rings is 2. The lowest BCUT2D eigenvalue weighted by atomic mass is 9.89. The summed E-state index contributed by atoms with van der Waals surface area (Å²) in [5.41, 5.74) is 5.52. The molecule has 7 nitrogen and oxygen atoms in total. The fourth-order valence-corrected chi connectivity index (χ4v) is 4.91. The molecule has 0 atom stereocenters. The Bertz CT molecular complexity index is 1190. The van der Waals surface area contributed by atoms with Crippen LogP contribution in [0.3, 0.4) is 0 Å². The average molecular weight is 554 g/mol. The van der Waals surface area contributed by atoms with E-state index in [1.165, 1.54) is 23.1 Å². The number of carbonyl (C=O) groups is 4. The molecule has 2 aromatic rings. The molecule has 2 amide bonds. The van der Waals surface area contributed by atoms with E-state index in [4.69, 9.17) is 45.3 Å². The number of nitrogens with zero attached hydrogens (tertiary/aromatic N) is 1. The van der Waals surface area contributed by atoms with Crippen LogP contribution in [-0.2, 0) is 25.7 Å². The quantitative estimate of drug-likeness (QED) is 0.242. The molecular weight excluding hydrogens is 527 g/mol. The van der Waals surface area contributed by atoms with Crippen LogP contribution in [0, 0.1) is 5.92 Å². The third-order valence-corrected chi connectivity index (χ3v) is 7.44. The number of anilines is 1. The Morgan fingerprint density at radius 3 is 2.22 bits per heavy atom. The van der Waals surface area contributed by atoms with Gasteiger partial charge in [-0.2, -0.15) is 0 Å². The number of ether oxygens (including phenoxy) is 1. The number of primary amides is 1. The number of halogens is 3. The molecule has 192 valence electrons. The Kier molecular flexibility index (Phi) is 9.03. The van der Waals surface area contributed by atoms with Crippen molar-refractivity contribution >= 4 is 64.1 Å². The van der Waals surface area contributed by atoms with Gasteiger partial charge in [0, 0.05) is 5.69 Å². The zero-order valence-corrected chi connectivity index (χ0v) is 22.3. The first-order valence-corrected chi connectivity index (χ1v) is 12.6. The highest BCUT2D eigenvalue weighted by atomic mass is 35.5. The molecule has 10 heteroatoms. The van der Waals surface area contributed by atoms with E-state index in [1.807, 2.05) is 0 Å². The molecule has 1 saturated carbocycles. The fourth-order valence-electron chi connectivity index (χ4n) is 4.32. The van der Waals surface area contributed by atoms with Crippen molar-refractivity contribution in [1.82, 2.24) is 0 Å². The molecule has 1 aliphatic carbocycles. The lowest BCUT2D eigenvalue weighted by Crippen LogP contribution is -2.39. The highest BCUT2D eigenvalue weighted by Crippen LogP contribution is 2.36. The van der Waals surface area contributed by atoms with E-state index in [1.54, 1.807) is 32.0 Å². The van der Waals surface area contributed by atoms with Crippen molar-refractivity contribution in [2.75, 3.05) is 4.90 Å².